The molecule has 1 atom stereocenters. The second-order valence-corrected chi connectivity index (χ2v) is 5.08. The number of fused-ring (bicyclic) bond motifs is 2. The Morgan fingerprint density at radius 1 is 1.33 bits per heavy atom. The molecule has 18 heavy (non-hydrogen) atoms. The molecule has 1 fully saturated rings. The molecule has 0 aromatic heterocycles. The third kappa shape index (κ3) is 2.12. The van der Waals surface area contributed by atoms with Gasteiger partial charge in [0.2, 0.25) is 0 Å². The summed E-state index contributed by atoms with van der Waals surface area (Å²) < 4.78 is 13.4. The average molecular weight is 250 g/mol. The standard InChI is InChI=1S/C13H17FN2.C2H6/c1-16-9-13(5-2-6-15-8-13)11-7-10(14)3-4-12(11)16;1-2/h3-4,7,15H,2,5-6,8-9H2,1H3;1-2H3. The smallest absolute Gasteiger partial charge is 0.123 e. The van der Waals surface area contributed by atoms with E-state index in [2.05, 4.69) is 17.3 Å². The third-order valence-electron chi connectivity index (χ3n) is 3.95. The van der Waals surface area contributed by atoms with Gasteiger partial charge >= 0.3 is 0 Å². The Hall–Kier alpha value is -1.09. The van der Waals surface area contributed by atoms with Crippen molar-refractivity contribution in [3.05, 3.63) is 29.6 Å². The fourth-order valence-electron chi connectivity index (χ4n) is 3.22. The van der Waals surface area contributed by atoms with Gasteiger partial charge in [0.15, 0.2) is 0 Å². The van der Waals surface area contributed by atoms with Gasteiger partial charge < -0.3 is 10.2 Å². The molecular formula is C15H23FN2. The van der Waals surface area contributed by atoms with Crippen LogP contribution >= 0.6 is 0 Å². The minimum atomic E-state index is -0.112. The first-order valence-electron chi connectivity index (χ1n) is 6.93. The highest BCUT2D eigenvalue weighted by Crippen LogP contribution is 2.43. The van der Waals surface area contributed by atoms with E-state index < -0.39 is 0 Å². The Morgan fingerprint density at radius 2 is 2.11 bits per heavy atom. The number of anilines is 1. The van der Waals surface area contributed by atoms with Crippen molar-refractivity contribution in [2.45, 2.75) is 32.1 Å². The maximum Gasteiger partial charge on any atom is 0.123 e. The predicted octanol–water partition coefficient (Wildman–Crippen LogP) is 2.92. The van der Waals surface area contributed by atoms with Crippen LogP contribution in [0.5, 0.6) is 0 Å². The highest BCUT2D eigenvalue weighted by molar-refractivity contribution is 5.62. The Kier molecular flexibility index (Phi) is 3.91. The van der Waals surface area contributed by atoms with Gasteiger partial charge in [-0.05, 0) is 43.1 Å². The number of nitrogens with zero attached hydrogens (tertiary/aromatic N) is 1. The Bertz CT molecular complexity index is 411. The maximum absolute atomic E-state index is 13.4. The van der Waals surface area contributed by atoms with Crippen LogP contribution in [0.25, 0.3) is 0 Å². The van der Waals surface area contributed by atoms with Crippen LogP contribution in [-0.4, -0.2) is 26.7 Å². The molecule has 100 valence electrons. The van der Waals surface area contributed by atoms with Crippen LogP contribution in [0, 0.1) is 5.82 Å². The lowest BCUT2D eigenvalue weighted by Gasteiger charge is -2.34. The second-order valence-electron chi connectivity index (χ2n) is 5.08. The van der Waals surface area contributed by atoms with E-state index in [0.29, 0.717) is 0 Å². The first-order chi connectivity index (χ1) is 8.71. The van der Waals surface area contributed by atoms with Crippen LogP contribution in [0.3, 0.4) is 0 Å². The molecule has 0 amide bonds. The fraction of sp³-hybridized carbons (Fsp3) is 0.600. The van der Waals surface area contributed by atoms with E-state index in [1.807, 2.05) is 19.9 Å². The summed E-state index contributed by atoms with van der Waals surface area (Å²) in [6.07, 6.45) is 2.35. The number of hydrogen-bond acceptors (Lipinski definition) is 2. The lowest BCUT2D eigenvalue weighted by atomic mass is 9.76. The fourth-order valence-corrected chi connectivity index (χ4v) is 3.22. The predicted molar refractivity (Wildman–Crippen MR) is 74.8 cm³/mol. The van der Waals surface area contributed by atoms with E-state index >= 15 is 0 Å². The Morgan fingerprint density at radius 3 is 2.78 bits per heavy atom. The number of hydrogen-bond donors (Lipinski definition) is 1. The summed E-state index contributed by atoms with van der Waals surface area (Å²) in [5.41, 5.74) is 2.54. The van der Waals surface area contributed by atoms with Gasteiger partial charge in [-0.25, -0.2) is 4.39 Å². The molecule has 0 saturated carbocycles. The van der Waals surface area contributed by atoms with Gasteiger partial charge in [-0.2, -0.15) is 0 Å². The topological polar surface area (TPSA) is 15.3 Å². The molecule has 2 nitrogen and oxygen atoms in total. The number of benzene rings is 1. The first-order valence-corrected chi connectivity index (χ1v) is 6.93. The van der Waals surface area contributed by atoms with E-state index in [4.69, 9.17) is 0 Å². The third-order valence-corrected chi connectivity index (χ3v) is 3.95. The molecule has 1 unspecified atom stereocenters. The summed E-state index contributed by atoms with van der Waals surface area (Å²) in [5, 5.41) is 3.45. The van der Waals surface area contributed by atoms with Crippen molar-refractivity contribution in [3.8, 4) is 0 Å². The van der Waals surface area contributed by atoms with Crippen LogP contribution in [0.2, 0.25) is 0 Å². The van der Waals surface area contributed by atoms with Crippen LogP contribution in [-0.2, 0) is 5.41 Å². The normalized spacial score (nSPS) is 25.7. The van der Waals surface area contributed by atoms with Gasteiger partial charge in [0.1, 0.15) is 5.82 Å². The number of halogens is 1. The molecule has 2 aliphatic heterocycles. The molecule has 2 aliphatic rings. The van der Waals surface area contributed by atoms with Crippen LogP contribution in [0.4, 0.5) is 10.1 Å². The van der Waals surface area contributed by atoms with Crippen molar-refractivity contribution < 1.29 is 4.39 Å². The van der Waals surface area contributed by atoms with Crippen molar-refractivity contribution in [3.63, 3.8) is 0 Å². The average Bonchev–Trinajstić information content (AvgIpc) is 2.65. The number of likely N-dealkylation sites (N-methyl/N-ethyl adjacent to an activating group) is 1. The van der Waals surface area contributed by atoms with Crippen LogP contribution < -0.4 is 10.2 Å². The summed E-state index contributed by atoms with van der Waals surface area (Å²) in [6, 6.07) is 5.20. The molecule has 1 saturated heterocycles. The number of nitrogens with one attached hydrogen (secondary N) is 1. The zero-order valence-corrected chi connectivity index (χ0v) is 11.6. The quantitative estimate of drug-likeness (QED) is 0.761. The van der Waals surface area contributed by atoms with Crippen LogP contribution in [0.15, 0.2) is 18.2 Å². The monoisotopic (exact) mass is 250 g/mol. The summed E-state index contributed by atoms with van der Waals surface area (Å²) in [4.78, 5) is 2.25. The summed E-state index contributed by atoms with van der Waals surface area (Å²) in [6.45, 7) is 7.09. The van der Waals surface area contributed by atoms with Gasteiger partial charge in [0.25, 0.3) is 0 Å². The van der Waals surface area contributed by atoms with Crippen molar-refractivity contribution in [2.24, 2.45) is 0 Å². The maximum atomic E-state index is 13.4. The molecular weight excluding hydrogens is 227 g/mol. The highest BCUT2D eigenvalue weighted by atomic mass is 19.1. The van der Waals surface area contributed by atoms with E-state index in [1.165, 1.54) is 24.1 Å². The number of piperidine rings is 1. The lowest BCUT2D eigenvalue weighted by Crippen LogP contribution is -2.45. The summed E-state index contributed by atoms with van der Waals surface area (Å²) in [7, 11) is 2.10. The minimum absolute atomic E-state index is 0.112. The van der Waals surface area contributed by atoms with Gasteiger partial charge in [-0.1, -0.05) is 13.8 Å². The highest BCUT2D eigenvalue weighted by Gasteiger charge is 2.42. The van der Waals surface area contributed by atoms with Gasteiger partial charge in [0, 0.05) is 31.2 Å². The van der Waals surface area contributed by atoms with E-state index in [1.54, 1.807) is 12.1 Å². The molecule has 1 aromatic carbocycles. The SMILES string of the molecule is CC.CN1CC2(CCCNC2)c2cc(F)ccc21. The van der Waals surface area contributed by atoms with Crippen molar-refractivity contribution in [1.82, 2.24) is 5.32 Å². The minimum Gasteiger partial charge on any atom is -0.373 e. The van der Waals surface area contributed by atoms with Crippen LogP contribution in [0.1, 0.15) is 32.3 Å². The number of rotatable bonds is 0. The molecule has 1 aromatic rings. The van der Waals surface area contributed by atoms with E-state index in [-0.39, 0.29) is 11.2 Å². The zero-order valence-electron chi connectivity index (χ0n) is 11.6. The molecule has 0 radical (unpaired) electrons. The second kappa shape index (κ2) is 5.27. The van der Waals surface area contributed by atoms with Gasteiger partial charge in [0.05, 0.1) is 0 Å². The molecule has 3 rings (SSSR count). The molecule has 1 spiro atoms. The van der Waals surface area contributed by atoms with Gasteiger partial charge in [-0.15, -0.1) is 0 Å². The Balaban J connectivity index is 0.000000574. The summed E-state index contributed by atoms with van der Waals surface area (Å²) in [5.74, 6) is -0.112. The van der Waals surface area contributed by atoms with Crippen molar-refractivity contribution in [2.75, 3.05) is 31.6 Å². The van der Waals surface area contributed by atoms with Crippen molar-refractivity contribution in [1.29, 1.82) is 0 Å². The van der Waals surface area contributed by atoms with Crippen molar-refractivity contribution >= 4 is 5.69 Å². The molecule has 0 bridgehead atoms. The lowest BCUT2D eigenvalue weighted by molar-refractivity contribution is 0.331. The van der Waals surface area contributed by atoms with E-state index in [0.717, 1.165) is 19.6 Å². The first kappa shape index (κ1) is 13.3. The molecule has 0 aliphatic carbocycles. The van der Waals surface area contributed by atoms with E-state index in [9.17, 15) is 4.39 Å². The molecule has 3 heteroatoms. The zero-order chi connectivity index (χ0) is 13.2. The largest absolute Gasteiger partial charge is 0.373 e. The van der Waals surface area contributed by atoms with Gasteiger partial charge in [-0.3, -0.25) is 0 Å². The molecule has 2 heterocycles. The molecule has 1 N–H and O–H groups in total. The summed E-state index contributed by atoms with van der Waals surface area (Å²) >= 11 is 0. The Labute approximate surface area is 109 Å².